The van der Waals surface area contributed by atoms with Crippen LogP contribution in [0.4, 0.5) is 5.69 Å². The Bertz CT molecular complexity index is 925. The van der Waals surface area contributed by atoms with E-state index < -0.39 is 0 Å². The smallest absolute Gasteiger partial charge is 0.341 e. The van der Waals surface area contributed by atoms with Gasteiger partial charge in [0, 0.05) is 36.9 Å². The lowest BCUT2D eigenvalue weighted by Gasteiger charge is -2.34. The van der Waals surface area contributed by atoms with Crippen molar-refractivity contribution in [3.8, 4) is 12.3 Å². The number of anilines is 1. The van der Waals surface area contributed by atoms with E-state index in [1.54, 1.807) is 17.3 Å². The summed E-state index contributed by atoms with van der Waals surface area (Å²) in [4.78, 5) is 34.0. The summed E-state index contributed by atoms with van der Waals surface area (Å²) in [6.45, 7) is 1.73. The summed E-state index contributed by atoms with van der Waals surface area (Å²) >= 11 is 0. The third kappa shape index (κ3) is 3.96. The first-order valence-corrected chi connectivity index (χ1v) is 9.76. The second-order valence-corrected chi connectivity index (χ2v) is 7.53. The van der Waals surface area contributed by atoms with Crippen LogP contribution in [0, 0.1) is 18.3 Å². The average Bonchev–Trinajstić information content (AvgIpc) is 3.41. The molecule has 0 unspecified atom stereocenters. The number of amides is 1. The zero-order valence-corrected chi connectivity index (χ0v) is 15.7. The van der Waals surface area contributed by atoms with Gasteiger partial charge >= 0.3 is 5.97 Å². The van der Waals surface area contributed by atoms with Crippen molar-refractivity contribution in [3.63, 3.8) is 0 Å². The van der Waals surface area contributed by atoms with Crippen molar-refractivity contribution < 1.29 is 14.3 Å². The van der Waals surface area contributed by atoms with Gasteiger partial charge in [0.05, 0.1) is 18.7 Å². The molecule has 0 radical (unpaired) electrons. The van der Waals surface area contributed by atoms with E-state index in [9.17, 15) is 9.59 Å². The highest BCUT2D eigenvalue weighted by molar-refractivity contribution is 6.04. The maximum absolute atomic E-state index is 12.7. The molecule has 146 valence electrons. The Labute approximate surface area is 163 Å². The minimum atomic E-state index is -0.360. The number of nitrogens with zero attached hydrogens (tertiary/aromatic N) is 2. The summed E-state index contributed by atoms with van der Waals surface area (Å²) in [5.41, 5.74) is 1.85. The molecule has 2 fully saturated rings. The van der Waals surface area contributed by atoms with Crippen LogP contribution in [0.1, 0.15) is 42.5 Å². The number of aromatic nitrogens is 2. The quantitative estimate of drug-likeness (QED) is 0.594. The van der Waals surface area contributed by atoms with Gasteiger partial charge in [-0.25, -0.2) is 9.78 Å². The van der Waals surface area contributed by atoms with E-state index in [0.717, 1.165) is 31.1 Å². The van der Waals surface area contributed by atoms with Gasteiger partial charge in [0.1, 0.15) is 11.2 Å². The Balaban J connectivity index is 1.55. The number of nitrogens with one attached hydrogen (secondary N) is 2. The molecule has 3 heterocycles. The predicted octanol–water partition coefficient (Wildman–Crippen LogP) is 2.56. The van der Waals surface area contributed by atoms with Gasteiger partial charge < -0.3 is 19.9 Å². The molecular formula is C21H24N4O3. The Morgan fingerprint density at radius 2 is 2.25 bits per heavy atom. The molecule has 0 spiro atoms. The van der Waals surface area contributed by atoms with Crippen molar-refractivity contribution in [2.24, 2.45) is 5.92 Å². The fraction of sp³-hybridized carbons (Fsp3) is 0.476. The van der Waals surface area contributed by atoms with Gasteiger partial charge in [-0.05, 0) is 37.7 Å². The van der Waals surface area contributed by atoms with Gasteiger partial charge in [0.25, 0.3) is 0 Å². The van der Waals surface area contributed by atoms with Crippen LogP contribution in [0.3, 0.4) is 0 Å². The lowest BCUT2D eigenvalue weighted by atomic mass is 10.0. The number of hydrogen-bond donors (Lipinski definition) is 2. The van der Waals surface area contributed by atoms with Gasteiger partial charge in [-0.15, -0.1) is 6.42 Å². The normalized spacial score (nSPS) is 19.2. The molecular weight excluding hydrogens is 356 g/mol. The van der Waals surface area contributed by atoms with Crippen LogP contribution in [0.25, 0.3) is 11.0 Å². The Morgan fingerprint density at radius 3 is 3.04 bits per heavy atom. The molecule has 1 saturated carbocycles. The number of hydrogen-bond acceptors (Lipinski definition) is 5. The molecule has 7 nitrogen and oxygen atoms in total. The predicted molar refractivity (Wildman–Crippen MR) is 106 cm³/mol. The average molecular weight is 380 g/mol. The number of pyridine rings is 1. The van der Waals surface area contributed by atoms with Crippen molar-refractivity contribution in [2.45, 2.75) is 38.1 Å². The molecule has 1 amide bonds. The van der Waals surface area contributed by atoms with Gasteiger partial charge in [0.2, 0.25) is 5.91 Å². The molecule has 28 heavy (non-hydrogen) atoms. The number of carbonyl (C=O) groups is 2. The highest BCUT2D eigenvalue weighted by Gasteiger charge is 2.27. The summed E-state index contributed by atoms with van der Waals surface area (Å²) in [5, 5.41) is 4.32. The zero-order chi connectivity index (χ0) is 19.5. The van der Waals surface area contributed by atoms with Crippen LogP contribution in [0.2, 0.25) is 0 Å². The minimum absolute atomic E-state index is 0.0282. The van der Waals surface area contributed by atoms with E-state index in [1.807, 2.05) is 6.07 Å². The van der Waals surface area contributed by atoms with E-state index in [0.29, 0.717) is 42.5 Å². The van der Waals surface area contributed by atoms with Crippen molar-refractivity contribution in [1.82, 2.24) is 14.9 Å². The first-order chi connectivity index (χ1) is 13.7. The standard InChI is InChI=1S/C21H24N4O3/c1-2-4-18(26)25-10-3-5-15(12-25)24-19-16-8-9-22-20(16)23-11-17(19)21(27)28-13-14-6-7-14/h1,8-9,11,14-15H,3-7,10,12-13H2,(H2,22,23,24)/t15-/m1/s1. The Kier molecular flexibility index (Phi) is 5.20. The fourth-order valence-electron chi connectivity index (χ4n) is 3.60. The van der Waals surface area contributed by atoms with E-state index in [2.05, 4.69) is 21.2 Å². The molecule has 0 bridgehead atoms. The van der Waals surface area contributed by atoms with Crippen LogP contribution < -0.4 is 5.32 Å². The van der Waals surface area contributed by atoms with Crippen LogP contribution in [-0.2, 0) is 9.53 Å². The molecule has 1 saturated heterocycles. The number of H-pyrrole nitrogens is 1. The molecule has 4 rings (SSSR count). The highest BCUT2D eigenvalue weighted by Crippen LogP contribution is 2.31. The number of fused-ring (bicyclic) bond motifs is 1. The van der Waals surface area contributed by atoms with Gasteiger partial charge in [-0.1, -0.05) is 5.92 Å². The lowest BCUT2D eigenvalue weighted by molar-refractivity contribution is -0.131. The summed E-state index contributed by atoms with van der Waals surface area (Å²) in [6, 6.07) is 1.93. The summed E-state index contributed by atoms with van der Waals surface area (Å²) in [6.07, 6.45) is 12.8. The Hall–Kier alpha value is -3.01. The number of likely N-dealkylation sites (tertiary alicyclic amines) is 1. The lowest BCUT2D eigenvalue weighted by Crippen LogP contribution is -2.45. The molecule has 2 aliphatic rings. The number of aromatic amines is 1. The second-order valence-electron chi connectivity index (χ2n) is 7.53. The third-order valence-electron chi connectivity index (χ3n) is 5.33. The molecule has 1 atom stereocenters. The molecule has 2 aromatic rings. The van der Waals surface area contributed by atoms with Gasteiger partial charge in [-0.2, -0.15) is 0 Å². The van der Waals surface area contributed by atoms with E-state index in [1.165, 1.54) is 0 Å². The minimum Gasteiger partial charge on any atom is -0.462 e. The van der Waals surface area contributed by atoms with Crippen LogP contribution in [0.5, 0.6) is 0 Å². The van der Waals surface area contributed by atoms with E-state index >= 15 is 0 Å². The fourth-order valence-corrected chi connectivity index (χ4v) is 3.60. The number of terminal acetylenes is 1. The molecule has 1 aliphatic carbocycles. The highest BCUT2D eigenvalue weighted by atomic mass is 16.5. The molecule has 1 aliphatic heterocycles. The summed E-state index contributed by atoms with van der Waals surface area (Å²) in [7, 11) is 0. The largest absolute Gasteiger partial charge is 0.462 e. The van der Waals surface area contributed by atoms with Gasteiger partial charge in [0.15, 0.2) is 0 Å². The van der Waals surface area contributed by atoms with Crippen LogP contribution in [-0.4, -0.2) is 52.5 Å². The zero-order valence-electron chi connectivity index (χ0n) is 15.7. The first-order valence-electron chi connectivity index (χ1n) is 9.76. The third-order valence-corrected chi connectivity index (χ3v) is 5.33. The van der Waals surface area contributed by atoms with Crippen molar-refractivity contribution in [1.29, 1.82) is 0 Å². The van der Waals surface area contributed by atoms with Gasteiger partial charge in [-0.3, -0.25) is 4.79 Å². The van der Waals surface area contributed by atoms with E-state index in [-0.39, 0.29) is 24.3 Å². The second kappa shape index (κ2) is 7.93. The van der Waals surface area contributed by atoms with Crippen LogP contribution >= 0.6 is 0 Å². The molecule has 2 aromatic heterocycles. The summed E-state index contributed by atoms with van der Waals surface area (Å²) < 4.78 is 5.48. The van der Waals surface area contributed by atoms with Crippen molar-refractivity contribution in [3.05, 3.63) is 24.0 Å². The number of ether oxygens (including phenoxy) is 1. The maximum atomic E-state index is 12.7. The maximum Gasteiger partial charge on any atom is 0.341 e. The van der Waals surface area contributed by atoms with E-state index in [4.69, 9.17) is 11.2 Å². The number of esters is 1. The molecule has 7 heteroatoms. The Morgan fingerprint density at radius 1 is 1.39 bits per heavy atom. The number of rotatable bonds is 6. The summed E-state index contributed by atoms with van der Waals surface area (Å²) in [5.74, 6) is 2.53. The van der Waals surface area contributed by atoms with Crippen LogP contribution in [0.15, 0.2) is 18.5 Å². The van der Waals surface area contributed by atoms with Crippen molar-refractivity contribution in [2.75, 3.05) is 25.0 Å². The monoisotopic (exact) mass is 380 g/mol. The molecule has 0 aromatic carbocycles. The number of carbonyl (C=O) groups excluding carboxylic acids is 2. The molecule has 2 N–H and O–H groups in total. The topological polar surface area (TPSA) is 87.3 Å². The first kappa shape index (κ1) is 18.4. The number of piperidine rings is 1. The SMILES string of the molecule is C#CCC(=O)N1CCC[C@@H](Nc2c(C(=O)OCC3CC3)cnc3[nH]ccc23)C1. The van der Waals surface area contributed by atoms with Crippen molar-refractivity contribution >= 4 is 28.6 Å².